The Morgan fingerprint density at radius 2 is 1.63 bits per heavy atom. The first-order valence-corrected chi connectivity index (χ1v) is 6.13. The molecule has 5 heteroatoms. The molecule has 0 radical (unpaired) electrons. The Morgan fingerprint density at radius 3 is 2.05 bits per heavy atom. The molecule has 0 spiro atoms. The molecule has 1 N–H and O–H groups in total. The molecular formula is C14H18BrCl2NTi. The Bertz CT molecular complexity index is 472. The molecule has 104 valence electrons. The maximum atomic E-state index is 6.94. The standard InChI is InChI=1S/C10H8Br.C4H10N.2ClH.Ti/c1-7-5-8-3-2-4-10(11)9(8)6-7;1-4(2,3)5;;;/h2-6H,1H3;5H,1-3H3;2*1H;/q2*-1;;;+4/p-2. The van der Waals surface area contributed by atoms with Gasteiger partial charge < -0.3 is 30.5 Å². The second-order valence-corrected chi connectivity index (χ2v) is 5.88. The van der Waals surface area contributed by atoms with Crippen molar-refractivity contribution in [2.75, 3.05) is 0 Å². The predicted molar refractivity (Wildman–Crippen MR) is 76.1 cm³/mol. The molecule has 0 saturated heterocycles. The average molecular weight is 399 g/mol. The summed E-state index contributed by atoms with van der Waals surface area (Å²) >= 11 is 3.51. The third kappa shape index (κ3) is 10.0. The van der Waals surface area contributed by atoms with E-state index in [9.17, 15) is 0 Å². The summed E-state index contributed by atoms with van der Waals surface area (Å²) in [4.78, 5) is 0. The SMILES string of the molecule is CC(C)(C)[NH-].Cc1cc2c(Br)cccc2[cH-]1.[Cl-].[Cl-].[Ti+4]. The summed E-state index contributed by atoms with van der Waals surface area (Å²) in [6, 6.07) is 10.7. The van der Waals surface area contributed by atoms with Gasteiger partial charge in [0.25, 0.3) is 0 Å². The fourth-order valence-corrected chi connectivity index (χ4v) is 1.84. The second-order valence-electron chi connectivity index (χ2n) is 5.03. The molecule has 0 atom stereocenters. The summed E-state index contributed by atoms with van der Waals surface area (Å²) < 4.78 is 1.18. The Labute approximate surface area is 151 Å². The smallest absolute Gasteiger partial charge is 1.00 e. The van der Waals surface area contributed by atoms with Crippen LogP contribution in [0.4, 0.5) is 0 Å². The van der Waals surface area contributed by atoms with Crippen LogP contribution in [-0.4, -0.2) is 5.54 Å². The number of nitrogens with one attached hydrogen (secondary N) is 1. The van der Waals surface area contributed by atoms with Crippen LogP contribution in [0.3, 0.4) is 0 Å². The number of hydrogen-bond acceptors (Lipinski definition) is 0. The van der Waals surface area contributed by atoms with Crippen LogP contribution in [0.15, 0.2) is 34.8 Å². The van der Waals surface area contributed by atoms with Crippen LogP contribution in [0.25, 0.3) is 16.5 Å². The van der Waals surface area contributed by atoms with Gasteiger partial charge in [0.15, 0.2) is 0 Å². The van der Waals surface area contributed by atoms with E-state index < -0.39 is 0 Å². The molecule has 19 heavy (non-hydrogen) atoms. The van der Waals surface area contributed by atoms with Crippen molar-refractivity contribution >= 4 is 26.7 Å². The third-order valence-electron chi connectivity index (χ3n) is 1.84. The van der Waals surface area contributed by atoms with E-state index in [-0.39, 0.29) is 52.1 Å². The Balaban J connectivity index is -0.000000286. The maximum Gasteiger partial charge on any atom is 4.00 e. The van der Waals surface area contributed by atoms with Gasteiger partial charge in [-0.1, -0.05) is 49.7 Å². The van der Waals surface area contributed by atoms with E-state index in [4.69, 9.17) is 5.73 Å². The minimum Gasteiger partial charge on any atom is -1.00 e. The Morgan fingerprint density at radius 1 is 1.16 bits per heavy atom. The number of benzene rings is 1. The number of rotatable bonds is 0. The van der Waals surface area contributed by atoms with Gasteiger partial charge in [-0.3, -0.25) is 0 Å². The van der Waals surface area contributed by atoms with Crippen molar-refractivity contribution < 1.29 is 46.5 Å². The molecule has 0 saturated carbocycles. The Hall–Kier alpha value is 0.564. The largest absolute Gasteiger partial charge is 4.00 e. The summed E-state index contributed by atoms with van der Waals surface area (Å²) in [5, 5.41) is 2.63. The first kappa shape index (κ1) is 24.6. The molecule has 0 unspecified atom stereocenters. The zero-order chi connectivity index (χ0) is 12.3. The van der Waals surface area contributed by atoms with Crippen molar-refractivity contribution in [1.82, 2.24) is 0 Å². The summed E-state index contributed by atoms with van der Waals surface area (Å²) in [7, 11) is 0. The van der Waals surface area contributed by atoms with E-state index in [0.717, 1.165) is 0 Å². The van der Waals surface area contributed by atoms with Gasteiger partial charge in [0.05, 0.1) is 0 Å². The summed E-state index contributed by atoms with van der Waals surface area (Å²) in [5.41, 5.74) is 8.01. The van der Waals surface area contributed by atoms with E-state index in [0.29, 0.717) is 0 Å². The number of halogens is 3. The van der Waals surface area contributed by atoms with Crippen LogP contribution in [-0.2, 0) is 21.7 Å². The monoisotopic (exact) mass is 397 g/mol. The topological polar surface area (TPSA) is 23.8 Å². The van der Waals surface area contributed by atoms with E-state index >= 15 is 0 Å². The molecule has 0 aromatic heterocycles. The van der Waals surface area contributed by atoms with Crippen LogP contribution in [0.5, 0.6) is 0 Å². The van der Waals surface area contributed by atoms with Crippen molar-refractivity contribution in [2.45, 2.75) is 33.2 Å². The van der Waals surface area contributed by atoms with Gasteiger partial charge in [-0.2, -0.15) is 6.07 Å². The van der Waals surface area contributed by atoms with E-state index in [1.165, 1.54) is 20.8 Å². The molecule has 0 fully saturated rings. The fraction of sp³-hybridized carbons (Fsp3) is 0.357. The summed E-state index contributed by atoms with van der Waals surface area (Å²) in [6.45, 7) is 7.68. The van der Waals surface area contributed by atoms with Crippen LogP contribution < -0.4 is 24.8 Å². The second kappa shape index (κ2) is 10.3. The quantitative estimate of drug-likeness (QED) is 0.421. The van der Waals surface area contributed by atoms with Crippen LogP contribution >= 0.6 is 15.9 Å². The number of aryl methyl sites for hydroxylation is 1. The Kier molecular flexibility index (Phi) is 13.3. The molecule has 1 nitrogen and oxygen atoms in total. The van der Waals surface area contributed by atoms with E-state index in [1.54, 1.807) is 0 Å². The van der Waals surface area contributed by atoms with Crippen molar-refractivity contribution in [3.05, 3.63) is 46.1 Å². The van der Waals surface area contributed by atoms with E-state index in [1.807, 2.05) is 20.8 Å². The fourth-order valence-electron chi connectivity index (χ4n) is 1.35. The van der Waals surface area contributed by atoms with Gasteiger partial charge in [-0.05, 0) is 4.47 Å². The predicted octanol–water partition coefficient (Wildman–Crippen LogP) is -0.528. The molecule has 0 amide bonds. The molecule has 2 aromatic rings. The van der Waals surface area contributed by atoms with Gasteiger partial charge in [0.1, 0.15) is 0 Å². The van der Waals surface area contributed by atoms with Gasteiger partial charge >= 0.3 is 21.7 Å². The van der Waals surface area contributed by atoms with Crippen LogP contribution in [0.2, 0.25) is 0 Å². The molecule has 0 aliphatic heterocycles. The van der Waals surface area contributed by atoms with Gasteiger partial charge in [0.2, 0.25) is 0 Å². The molecule has 0 aliphatic rings. The van der Waals surface area contributed by atoms with Crippen LogP contribution in [0.1, 0.15) is 26.3 Å². The third-order valence-corrected chi connectivity index (χ3v) is 2.53. The average Bonchev–Trinajstić information content (AvgIpc) is 2.44. The summed E-state index contributed by atoms with van der Waals surface area (Å²) in [6.07, 6.45) is 0. The van der Waals surface area contributed by atoms with Gasteiger partial charge in [-0.15, -0.1) is 40.1 Å². The molecule has 2 rings (SSSR count). The first-order chi connectivity index (χ1) is 7.27. The molecule has 2 aromatic carbocycles. The summed E-state index contributed by atoms with van der Waals surface area (Å²) in [5.74, 6) is 0. The van der Waals surface area contributed by atoms with Crippen LogP contribution in [0, 0.1) is 6.92 Å². The molecule has 0 aliphatic carbocycles. The molecular weight excluding hydrogens is 381 g/mol. The van der Waals surface area contributed by atoms with Crippen molar-refractivity contribution in [2.24, 2.45) is 0 Å². The first-order valence-electron chi connectivity index (χ1n) is 5.34. The number of fused-ring (bicyclic) bond motifs is 1. The normalized spacial score (nSPS) is 9.37. The van der Waals surface area contributed by atoms with Crippen molar-refractivity contribution in [1.29, 1.82) is 0 Å². The molecule has 0 bridgehead atoms. The van der Waals surface area contributed by atoms with E-state index in [2.05, 4.69) is 53.2 Å². The maximum absolute atomic E-state index is 6.94. The zero-order valence-corrected chi connectivity index (χ0v) is 16.2. The minimum atomic E-state index is -0.250. The number of hydrogen-bond donors (Lipinski definition) is 0. The zero-order valence-electron chi connectivity index (χ0n) is 11.5. The molecule has 0 heterocycles. The van der Waals surface area contributed by atoms with Crippen molar-refractivity contribution in [3.8, 4) is 0 Å². The van der Waals surface area contributed by atoms with Crippen molar-refractivity contribution in [3.63, 3.8) is 0 Å². The van der Waals surface area contributed by atoms with Gasteiger partial charge in [0, 0.05) is 0 Å². The van der Waals surface area contributed by atoms with Gasteiger partial charge in [-0.25, -0.2) is 0 Å². The minimum absolute atomic E-state index is 0.